The van der Waals surface area contributed by atoms with Crippen molar-refractivity contribution in [1.29, 1.82) is 0 Å². The first-order chi connectivity index (χ1) is 11.5. The fraction of sp³-hybridized carbons (Fsp3) is 0.118. The summed E-state index contributed by atoms with van der Waals surface area (Å²) in [4.78, 5) is 11.1. The summed E-state index contributed by atoms with van der Waals surface area (Å²) in [6.45, 7) is 3.57. The number of sulfonamides is 1. The summed E-state index contributed by atoms with van der Waals surface area (Å²) >= 11 is 0. The van der Waals surface area contributed by atoms with Crippen LogP contribution in [0.4, 0.5) is 0 Å². The molecule has 0 amide bonds. The van der Waals surface area contributed by atoms with Gasteiger partial charge in [-0.1, -0.05) is 29.8 Å². The summed E-state index contributed by atoms with van der Waals surface area (Å²) in [7, 11) is -3.71. The van der Waals surface area contributed by atoms with Gasteiger partial charge >= 0.3 is 0 Å². The maximum absolute atomic E-state index is 12.2. The Bertz CT molecular complexity index is 1010. The third-order valence-electron chi connectivity index (χ3n) is 3.48. The molecule has 0 unspecified atom stereocenters. The fourth-order valence-corrected chi connectivity index (χ4v) is 2.94. The molecule has 0 atom stereocenters. The Labute approximate surface area is 140 Å². The van der Waals surface area contributed by atoms with Gasteiger partial charge in [-0.3, -0.25) is 4.98 Å². The van der Waals surface area contributed by atoms with Gasteiger partial charge in [0.25, 0.3) is 10.0 Å². The van der Waals surface area contributed by atoms with Crippen molar-refractivity contribution >= 4 is 26.8 Å². The van der Waals surface area contributed by atoms with Gasteiger partial charge in [0.2, 0.25) is 0 Å². The van der Waals surface area contributed by atoms with Gasteiger partial charge in [-0.25, -0.2) is 4.98 Å². The summed E-state index contributed by atoms with van der Waals surface area (Å²) in [5, 5.41) is 3.95. The first-order valence-electron chi connectivity index (χ1n) is 7.31. The average molecular weight is 340 g/mol. The number of aromatic nitrogens is 2. The van der Waals surface area contributed by atoms with E-state index in [-0.39, 0.29) is 4.90 Å². The molecule has 0 saturated heterocycles. The zero-order valence-electron chi connectivity index (χ0n) is 13.3. The van der Waals surface area contributed by atoms with Crippen LogP contribution < -0.4 is 4.83 Å². The van der Waals surface area contributed by atoms with Crippen molar-refractivity contribution < 1.29 is 8.42 Å². The molecular formula is C17H16N4O2S. The van der Waals surface area contributed by atoms with Crippen LogP contribution in [-0.4, -0.2) is 24.1 Å². The van der Waals surface area contributed by atoms with Crippen LogP contribution in [0.3, 0.4) is 0 Å². The molecule has 1 N–H and O–H groups in total. The minimum Gasteiger partial charge on any atom is -0.252 e. The summed E-state index contributed by atoms with van der Waals surface area (Å²) in [5.74, 6) is 0. The zero-order valence-corrected chi connectivity index (χ0v) is 14.1. The molecule has 1 heterocycles. The highest BCUT2D eigenvalue weighted by Gasteiger charge is 2.13. The molecule has 6 nitrogen and oxygen atoms in total. The number of hydrogen-bond acceptors (Lipinski definition) is 5. The predicted octanol–water partition coefficient (Wildman–Crippen LogP) is 2.64. The van der Waals surface area contributed by atoms with Crippen LogP contribution in [0.2, 0.25) is 0 Å². The SMILES string of the molecule is C/C(=N/NS(=O)(=O)c1ccc(C)cc1)c1cnc2ccccc2n1. The van der Waals surface area contributed by atoms with Crippen LogP contribution in [0.1, 0.15) is 18.2 Å². The first-order valence-corrected chi connectivity index (χ1v) is 8.79. The van der Waals surface area contributed by atoms with Gasteiger partial charge in [-0.05, 0) is 38.1 Å². The molecule has 0 aliphatic heterocycles. The van der Waals surface area contributed by atoms with E-state index in [4.69, 9.17) is 0 Å². The Morgan fingerprint density at radius 3 is 2.42 bits per heavy atom. The van der Waals surface area contributed by atoms with Crippen molar-refractivity contribution in [1.82, 2.24) is 14.8 Å². The molecule has 7 heteroatoms. The van der Waals surface area contributed by atoms with Gasteiger partial charge in [0.15, 0.2) is 0 Å². The third kappa shape index (κ3) is 3.41. The second-order valence-corrected chi connectivity index (χ2v) is 7.01. The molecule has 0 radical (unpaired) electrons. The molecule has 24 heavy (non-hydrogen) atoms. The highest BCUT2D eigenvalue weighted by atomic mass is 32.2. The van der Waals surface area contributed by atoms with Crippen molar-refractivity contribution in [3.05, 3.63) is 66.0 Å². The lowest BCUT2D eigenvalue weighted by molar-refractivity contribution is 0.584. The average Bonchev–Trinajstić information content (AvgIpc) is 2.59. The van der Waals surface area contributed by atoms with Crippen LogP contribution in [0.25, 0.3) is 11.0 Å². The molecular weight excluding hydrogens is 324 g/mol. The normalized spacial score (nSPS) is 12.3. The molecule has 2 aromatic carbocycles. The minimum atomic E-state index is -3.71. The molecule has 3 aromatic rings. The Hall–Kier alpha value is -2.80. The fourth-order valence-electron chi connectivity index (χ4n) is 2.09. The Balaban J connectivity index is 1.85. The number of nitrogens with zero attached hydrogens (tertiary/aromatic N) is 3. The van der Waals surface area contributed by atoms with Gasteiger partial charge < -0.3 is 0 Å². The standard InChI is InChI=1S/C17H16N4O2S/c1-12-7-9-14(10-8-12)24(22,23)21-20-13(2)17-11-18-15-5-3-4-6-16(15)19-17/h3-11,21H,1-2H3/b20-13-. The number of nitrogens with one attached hydrogen (secondary N) is 1. The van der Waals surface area contributed by atoms with Gasteiger partial charge in [0.1, 0.15) is 5.69 Å². The summed E-state index contributed by atoms with van der Waals surface area (Å²) in [6.07, 6.45) is 1.57. The smallest absolute Gasteiger partial charge is 0.252 e. The lowest BCUT2D eigenvalue weighted by Crippen LogP contribution is -2.20. The number of para-hydroxylation sites is 2. The molecule has 1 aromatic heterocycles. The first kappa shape index (κ1) is 16.1. The van der Waals surface area contributed by atoms with E-state index in [0.717, 1.165) is 16.6 Å². The van der Waals surface area contributed by atoms with Crippen LogP contribution >= 0.6 is 0 Å². The topological polar surface area (TPSA) is 84.3 Å². The van der Waals surface area contributed by atoms with Gasteiger partial charge in [0, 0.05) is 0 Å². The van der Waals surface area contributed by atoms with E-state index in [1.807, 2.05) is 31.2 Å². The van der Waals surface area contributed by atoms with Crippen molar-refractivity contribution in [3.8, 4) is 0 Å². The van der Waals surface area contributed by atoms with Crippen molar-refractivity contribution in [2.24, 2.45) is 5.10 Å². The summed E-state index contributed by atoms with van der Waals surface area (Å²) in [6, 6.07) is 14.0. The largest absolute Gasteiger partial charge is 0.276 e. The van der Waals surface area contributed by atoms with Crippen LogP contribution in [0.15, 0.2) is 64.7 Å². The number of rotatable bonds is 4. The maximum atomic E-state index is 12.2. The third-order valence-corrected chi connectivity index (χ3v) is 4.71. The van der Waals surface area contributed by atoms with Crippen molar-refractivity contribution in [2.45, 2.75) is 18.7 Å². The molecule has 0 aliphatic rings. The Morgan fingerprint density at radius 1 is 1.04 bits per heavy atom. The van der Waals surface area contributed by atoms with E-state index in [1.54, 1.807) is 37.4 Å². The van der Waals surface area contributed by atoms with Crippen LogP contribution in [0.5, 0.6) is 0 Å². The highest BCUT2D eigenvalue weighted by Crippen LogP contribution is 2.11. The molecule has 0 spiro atoms. The van der Waals surface area contributed by atoms with Gasteiger partial charge in [0.05, 0.1) is 27.8 Å². The number of hydrazone groups is 1. The second kappa shape index (κ2) is 6.37. The predicted molar refractivity (Wildman–Crippen MR) is 93.2 cm³/mol. The van der Waals surface area contributed by atoms with E-state index >= 15 is 0 Å². The van der Waals surface area contributed by atoms with E-state index in [9.17, 15) is 8.42 Å². The Kier molecular flexibility index (Phi) is 4.26. The maximum Gasteiger partial charge on any atom is 0.276 e. The summed E-state index contributed by atoms with van der Waals surface area (Å²) in [5.41, 5.74) is 3.43. The number of aryl methyl sites for hydroxylation is 1. The molecule has 0 saturated carbocycles. The summed E-state index contributed by atoms with van der Waals surface area (Å²) < 4.78 is 24.5. The molecule has 122 valence electrons. The lowest BCUT2D eigenvalue weighted by atomic mass is 10.2. The second-order valence-electron chi connectivity index (χ2n) is 5.35. The Morgan fingerprint density at radius 2 is 1.71 bits per heavy atom. The number of hydrogen-bond donors (Lipinski definition) is 1. The van der Waals surface area contributed by atoms with E-state index in [0.29, 0.717) is 11.4 Å². The van der Waals surface area contributed by atoms with E-state index < -0.39 is 10.0 Å². The molecule has 0 fully saturated rings. The van der Waals surface area contributed by atoms with Crippen molar-refractivity contribution in [3.63, 3.8) is 0 Å². The minimum absolute atomic E-state index is 0.161. The van der Waals surface area contributed by atoms with Crippen molar-refractivity contribution in [2.75, 3.05) is 0 Å². The number of benzene rings is 2. The molecule has 0 bridgehead atoms. The van der Waals surface area contributed by atoms with Crippen LogP contribution in [0, 0.1) is 6.92 Å². The van der Waals surface area contributed by atoms with Crippen LogP contribution in [-0.2, 0) is 10.0 Å². The molecule has 3 rings (SSSR count). The monoisotopic (exact) mass is 340 g/mol. The quantitative estimate of drug-likeness (QED) is 0.584. The van der Waals surface area contributed by atoms with E-state index in [2.05, 4.69) is 19.9 Å². The van der Waals surface area contributed by atoms with E-state index in [1.165, 1.54) is 0 Å². The molecule has 0 aliphatic carbocycles. The van der Waals surface area contributed by atoms with Gasteiger partial charge in [-0.2, -0.15) is 18.4 Å². The number of fused-ring (bicyclic) bond motifs is 1. The van der Waals surface area contributed by atoms with Gasteiger partial charge in [-0.15, -0.1) is 0 Å². The zero-order chi connectivity index (χ0) is 17.2. The highest BCUT2D eigenvalue weighted by molar-refractivity contribution is 7.89. The lowest BCUT2D eigenvalue weighted by Gasteiger charge is -2.06.